The lowest BCUT2D eigenvalue weighted by Gasteiger charge is -2.09. The summed E-state index contributed by atoms with van der Waals surface area (Å²) >= 11 is 5.98. The predicted molar refractivity (Wildman–Crippen MR) is 80.9 cm³/mol. The van der Waals surface area contributed by atoms with Gasteiger partial charge in [-0.3, -0.25) is 0 Å². The molecule has 1 heterocycles. The Labute approximate surface area is 121 Å². The van der Waals surface area contributed by atoms with Crippen LogP contribution in [0.1, 0.15) is 5.56 Å². The quantitative estimate of drug-likeness (QED) is 0.732. The van der Waals surface area contributed by atoms with E-state index in [1.807, 2.05) is 31.2 Å². The molecule has 3 aromatic rings. The number of nitrogens with zero attached hydrogens (tertiary/aromatic N) is 1. The van der Waals surface area contributed by atoms with Gasteiger partial charge in [0, 0.05) is 0 Å². The largest absolute Gasteiger partial charge is 0.506 e. The van der Waals surface area contributed by atoms with Crippen LogP contribution in [0.15, 0.2) is 48.9 Å². The number of phenols is 1. The molecule has 2 aromatic carbocycles. The first kappa shape index (κ1) is 12.8. The average molecular weight is 285 g/mol. The average Bonchev–Trinajstić information content (AvgIpc) is 2.97. The van der Waals surface area contributed by atoms with Gasteiger partial charge in [-0.25, -0.2) is 4.98 Å². The maximum Gasteiger partial charge on any atom is 0.134 e. The molecule has 0 spiro atoms. The van der Waals surface area contributed by atoms with Gasteiger partial charge in [-0.15, -0.1) is 0 Å². The molecule has 0 aliphatic rings. The molecule has 0 fully saturated rings. The zero-order valence-electron chi connectivity index (χ0n) is 10.9. The third-order valence-electron chi connectivity index (χ3n) is 3.30. The highest BCUT2D eigenvalue weighted by molar-refractivity contribution is 6.32. The fraction of sp³-hybridized carbons (Fsp3) is 0.0625. The van der Waals surface area contributed by atoms with Gasteiger partial charge in [-0.2, -0.15) is 0 Å². The van der Waals surface area contributed by atoms with Crippen molar-refractivity contribution in [1.29, 1.82) is 0 Å². The molecule has 20 heavy (non-hydrogen) atoms. The molecule has 0 unspecified atom stereocenters. The van der Waals surface area contributed by atoms with E-state index >= 15 is 0 Å². The molecule has 0 amide bonds. The molecule has 3 nitrogen and oxygen atoms in total. The van der Waals surface area contributed by atoms with E-state index in [-0.39, 0.29) is 5.75 Å². The van der Waals surface area contributed by atoms with Gasteiger partial charge in [0.15, 0.2) is 0 Å². The van der Waals surface area contributed by atoms with Gasteiger partial charge < -0.3 is 10.1 Å². The number of phenolic OH excluding ortho intramolecular Hbond substituents is 1. The third kappa shape index (κ3) is 2.28. The molecule has 0 radical (unpaired) electrons. The molecular weight excluding hydrogens is 272 g/mol. The number of nitrogens with one attached hydrogen (secondary N) is 1. The zero-order valence-corrected chi connectivity index (χ0v) is 11.6. The number of aromatic amines is 1. The number of H-pyrrole nitrogens is 1. The lowest BCUT2D eigenvalue weighted by molar-refractivity contribution is 0.475. The summed E-state index contributed by atoms with van der Waals surface area (Å²) in [6.45, 7) is 1.95. The Balaban J connectivity index is 2.01. The van der Waals surface area contributed by atoms with E-state index in [9.17, 15) is 5.11 Å². The van der Waals surface area contributed by atoms with Crippen LogP contribution in [0.25, 0.3) is 22.4 Å². The highest BCUT2D eigenvalue weighted by atomic mass is 35.5. The topological polar surface area (TPSA) is 48.9 Å². The molecule has 4 heteroatoms. The van der Waals surface area contributed by atoms with Crippen LogP contribution in [0.3, 0.4) is 0 Å². The Bertz CT molecular complexity index is 734. The first-order chi connectivity index (χ1) is 9.65. The maximum absolute atomic E-state index is 9.60. The Morgan fingerprint density at radius 2 is 1.80 bits per heavy atom. The van der Waals surface area contributed by atoms with Crippen molar-refractivity contribution in [2.45, 2.75) is 6.92 Å². The standard InChI is InChI=1S/C16H13ClN2O/c1-10-6-16(20)14(17)7-13(10)11-2-4-12(5-3-11)15-8-18-9-19-15/h2-9,20H,1H3,(H,18,19). The van der Waals surface area contributed by atoms with Crippen LogP contribution in [0.2, 0.25) is 5.02 Å². The Kier molecular flexibility index (Phi) is 3.20. The molecule has 0 saturated heterocycles. The second-order valence-corrected chi connectivity index (χ2v) is 5.07. The Morgan fingerprint density at radius 1 is 1.10 bits per heavy atom. The van der Waals surface area contributed by atoms with Gasteiger partial charge in [0.1, 0.15) is 5.75 Å². The van der Waals surface area contributed by atoms with Crippen LogP contribution in [0, 0.1) is 6.92 Å². The summed E-state index contributed by atoms with van der Waals surface area (Å²) in [6.07, 6.45) is 3.45. The minimum Gasteiger partial charge on any atom is -0.506 e. The molecule has 0 saturated carbocycles. The van der Waals surface area contributed by atoms with E-state index in [1.165, 1.54) is 0 Å². The normalized spacial score (nSPS) is 10.7. The second kappa shape index (κ2) is 5.02. The van der Waals surface area contributed by atoms with Gasteiger partial charge in [0.2, 0.25) is 0 Å². The van der Waals surface area contributed by atoms with Crippen LogP contribution in [-0.4, -0.2) is 15.1 Å². The third-order valence-corrected chi connectivity index (χ3v) is 3.60. The number of rotatable bonds is 2. The van der Waals surface area contributed by atoms with Crippen molar-refractivity contribution in [1.82, 2.24) is 9.97 Å². The maximum atomic E-state index is 9.60. The number of aryl methyl sites for hydroxylation is 1. The van der Waals surface area contributed by atoms with Crippen molar-refractivity contribution in [2.75, 3.05) is 0 Å². The molecule has 2 N–H and O–H groups in total. The molecule has 0 aliphatic carbocycles. The van der Waals surface area contributed by atoms with Gasteiger partial charge in [0.05, 0.1) is 23.2 Å². The molecular formula is C16H13ClN2O. The molecule has 0 aliphatic heterocycles. The van der Waals surface area contributed by atoms with Crippen LogP contribution in [0.5, 0.6) is 5.75 Å². The summed E-state index contributed by atoms with van der Waals surface area (Å²) in [5.74, 6) is 0.113. The molecule has 3 rings (SSSR count). The summed E-state index contributed by atoms with van der Waals surface area (Å²) in [6, 6.07) is 11.6. The Morgan fingerprint density at radius 3 is 2.45 bits per heavy atom. The van der Waals surface area contributed by atoms with Crippen molar-refractivity contribution >= 4 is 11.6 Å². The van der Waals surface area contributed by atoms with Crippen molar-refractivity contribution in [3.63, 3.8) is 0 Å². The molecule has 100 valence electrons. The monoisotopic (exact) mass is 284 g/mol. The molecule has 0 bridgehead atoms. The van der Waals surface area contributed by atoms with Crippen molar-refractivity contribution in [3.8, 4) is 28.1 Å². The first-order valence-corrected chi connectivity index (χ1v) is 6.61. The van der Waals surface area contributed by atoms with Crippen LogP contribution >= 0.6 is 11.6 Å². The fourth-order valence-electron chi connectivity index (χ4n) is 2.22. The number of halogens is 1. The highest BCUT2D eigenvalue weighted by Crippen LogP contribution is 2.33. The van der Waals surface area contributed by atoms with Gasteiger partial charge in [-0.1, -0.05) is 35.9 Å². The SMILES string of the molecule is Cc1cc(O)c(Cl)cc1-c1ccc(-c2cnc[nH]2)cc1. The molecule has 0 atom stereocenters. The van der Waals surface area contributed by atoms with E-state index < -0.39 is 0 Å². The van der Waals surface area contributed by atoms with Crippen LogP contribution in [0.4, 0.5) is 0 Å². The summed E-state index contributed by atoms with van der Waals surface area (Å²) in [5, 5.41) is 9.96. The van der Waals surface area contributed by atoms with Gasteiger partial charge in [0.25, 0.3) is 0 Å². The number of imidazole rings is 1. The Hall–Kier alpha value is -2.26. The number of hydrogen-bond donors (Lipinski definition) is 2. The van der Waals surface area contributed by atoms with Crippen LogP contribution in [-0.2, 0) is 0 Å². The predicted octanol–water partition coefficient (Wildman–Crippen LogP) is 4.41. The number of benzene rings is 2. The van der Waals surface area contributed by atoms with Gasteiger partial charge >= 0.3 is 0 Å². The van der Waals surface area contributed by atoms with Crippen molar-refractivity contribution < 1.29 is 5.11 Å². The summed E-state index contributed by atoms with van der Waals surface area (Å²) in [4.78, 5) is 7.09. The van der Waals surface area contributed by atoms with Crippen LogP contribution < -0.4 is 0 Å². The lowest BCUT2D eigenvalue weighted by Crippen LogP contribution is -1.85. The number of aromatic hydroxyl groups is 1. The van der Waals surface area contributed by atoms with Crippen molar-refractivity contribution in [3.05, 3.63) is 59.5 Å². The first-order valence-electron chi connectivity index (χ1n) is 6.23. The van der Waals surface area contributed by atoms with E-state index in [2.05, 4.69) is 9.97 Å². The van der Waals surface area contributed by atoms with E-state index in [0.29, 0.717) is 5.02 Å². The summed E-state index contributed by atoms with van der Waals surface area (Å²) < 4.78 is 0. The van der Waals surface area contributed by atoms with Crippen molar-refractivity contribution in [2.24, 2.45) is 0 Å². The molecule has 1 aromatic heterocycles. The zero-order chi connectivity index (χ0) is 14.1. The minimum atomic E-state index is 0.113. The van der Waals surface area contributed by atoms with E-state index in [4.69, 9.17) is 11.6 Å². The fourth-order valence-corrected chi connectivity index (χ4v) is 2.38. The number of aromatic nitrogens is 2. The summed E-state index contributed by atoms with van der Waals surface area (Å²) in [7, 11) is 0. The summed E-state index contributed by atoms with van der Waals surface area (Å²) in [5.41, 5.74) is 5.13. The second-order valence-electron chi connectivity index (χ2n) is 4.66. The van der Waals surface area contributed by atoms with E-state index in [0.717, 1.165) is 27.9 Å². The number of hydrogen-bond acceptors (Lipinski definition) is 2. The van der Waals surface area contributed by atoms with Gasteiger partial charge in [-0.05, 0) is 41.3 Å². The lowest BCUT2D eigenvalue weighted by atomic mass is 9.99. The van der Waals surface area contributed by atoms with E-state index in [1.54, 1.807) is 24.7 Å². The highest BCUT2D eigenvalue weighted by Gasteiger charge is 2.07. The smallest absolute Gasteiger partial charge is 0.134 e. The minimum absolute atomic E-state index is 0.113.